The topological polar surface area (TPSA) is 46.5 Å². The first-order chi connectivity index (χ1) is 7.72. The lowest BCUT2D eigenvalue weighted by molar-refractivity contribution is -0.150. The monoisotopic (exact) mass is 228 g/mol. The molecule has 0 rings (SSSR count). The van der Waals surface area contributed by atoms with Crippen molar-refractivity contribution in [3.05, 3.63) is 12.2 Å². The Bertz CT molecular complexity index is 199. The van der Waals surface area contributed by atoms with Gasteiger partial charge in [0.2, 0.25) is 0 Å². The summed E-state index contributed by atoms with van der Waals surface area (Å²) in [6.45, 7) is 2.20. The smallest absolute Gasteiger partial charge is 0.335 e. The van der Waals surface area contributed by atoms with Crippen molar-refractivity contribution in [1.29, 1.82) is 0 Å². The Morgan fingerprint density at radius 3 is 2.56 bits per heavy atom. The molecule has 1 unspecified atom stereocenters. The molecule has 0 radical (unpaired) electrons. The third kappa shape index (κ3) is 8.48. The number of hydrogen-bond acceptors (Lipinski definition) is 3. The Balaban J connectivity index is 3.37. The fraction of sp³-hybridized carbons (Fsp3) is 0.769. The number of esters is 1. The lowest BCUT2D eigenvalue weighted by Crippen LogP contribution is -2.20. The van der Waals surface area contributed by atoms with Crippen molar-refractivity contribution in [2.24, 2.45) is 0 Å². The number of hydrogen-bond donors (Lipinski definition) is 1. The number of ether oxygens (including phenoxy) is 1. The van der Waals surface area contributed by atoms with Crippen LogP contribution in [0, 0.1) is 0 Å². The first-order valence-electron chi connectivity index (χ1n) is 6.13. The van der Waals surface area contributed by atoms with Crippen LogP contribution >= 0.6 is 0 Å². The molecule has 0 aromatic rings. The van der Waals surface area contributed by atoms with Crippen LogP contribution in [-0.2, 0) is 9.53 Å². The second kappa shape index (κ2) is 10.7. The van der Waals surface area contributed by atoms with Crippen molar-refractivity contribution in [2.75, 3.05) is 7.11 Å². The highest BCUT2D eigenvalue weighted by Gasteiger charge is 2.12. The summed E-state index contributed by atoms with van der Waals surface area (Å²) in [5, 5.41) is 9.26. The molecule has 0 heterocycles. The summed E-state index contributed by atoms with van der Waals surface area (Å²) in [5.41, 5.74) is 0. The standard InChI is InChI=1S/C13H24O3/c1-3-4-5-6-7-8-9-10-11-12(14)13(15)16-2/h9-10,12,14H,3-8,11H2,1-2H3/b10-9+. The van der Waals surface area contributed by atoms with Gasteiger partial charge in [0, 0.05) is 6.42 Å². The Morgan fingerprint density at radius 2 is 1.94 bits per heavy atom. The molecular weight excluding hydrogens is 204 g/mol. The maximum absolute atomic E-state index is 10.8. The molecule has 0 spiro atoms. The number of carbonyl (C=O) groups is 1. The lowest BCUT2D eigenvalue weighted by Gasteiger charge is -2.03. The molecule has 0 bridgehead atoms. The minimum atomic E-state index is -1.01. The van der Waals surface area contributed by atoms with Gasteiger partial charge in [0.1, 0.15) is 0 Å². The minimum absolute atomic E-state index is 0.349. The van der Waals surface area contributed by atoms with Crippen molar-refractivity contribution >= 4 is 5.97 Å². The summed E-state index contributed by atoms with van der Waals surface area (Å²) >= 11 is 0. The van der Waals surface area contributed by atoms with Gasteiger partial charge in [-0.25, -0.2) is 4.79 Å². The van der Waals surface area contributed by atoms with Gasteiger partial charge in [0.15, 0.2) is 6.10 Å². The number of carbonyl (C=O) groups excluding carboxylic acids is 1. The number of unbranched alkanes of at least 4 members (excludes halogenated alkanes) is 5. The van der Waals surface area contributed by atoms with Gasteiger partial charge in [-0.05, 0) is 12.8 Å². The molecule has 16 heavy (non-hydrogen) atoms. The van der Waals surface area contributed by atoms with Crippen LogP contribution in [0.25, 0.3) is 0 Å². The second-order valence-electron chi connectivity index (χ2n) is 3.95. The van der Waals surface area contributed by atoms with Gasteiger partial charge in [-0.3, -0.25) is 0 Å². The quantitative estimate of drug-likeness (QED) is 0.375. The van der Waals surface area contributed by atoms with E-state index in [9.17, 15) is 9.90 Å². The molecule has 1 atom stereocenters. The molecule has 3 nitrogen and oxygen atoms in total. The van der Waals surface area contributed by atoms with Gasteiger partial charge in [0.25, 0.3) is 0 Å². The van der Waals surface area contributed by atoms with E-state index in [1.807, 2.05) is 12.2 Å². The van der Waals surface area contributed by atoms with E-state index in [-0.39, 0.29) is 0 Å². The maximum Gasteiger partial charge on any atom is 0.335 e. The van der Waals surface area contributed by atoms with Crippen LogP contribution < -0.4 is 0 Å². The zero-order valence-electron chi connectivity index (χ0n) is 10.4. The molecule has 0 aliphatic heterocycles. The fourth-order valence-electron chi connectivity index (χ4n) is 1.44. The van der Waals surface area contributed by atoms with Gasteiger partial charge in [0.05, 0.1) is 7.11 Å². The van der Waals surface area contributed by atoms with E-state index in [4.69, 9.17) is 0 Å². The third-order valence-electron chi connectivity index (χ3n) is 2.47. The number of aliphatic hydroxyl groups excluding tert-OH is 1. The molecule has 0 aromatic heterocycles. The van der Waals surface area contributed by atoms with Crippen LogP contribution in [0.2, 0.25) is 0 Å². The fourth-order valence-corrected chi connectivity index (χ4v) is 1.44. The first-order valence-corrected chi connectivity index (χ1v) is 6.13. The van der Waals surface area contributed by atoms with Crippen LogP contribution in [0.15, 0.2) is 12.2 Å². The summed E-state index contributed by atoms with van der Waals surface area (Å²) in [4.78, 5) is 10.8. The van der Waals surface area contributed by atoms with Crippen LogP contribution in [-0.4, -0.2) is 24.3 Å². The van der Waals surface area contributed by atoms with E-state index in [2.05, 4.69) is 11.7 Å². The van der Waals surface area contributed by atoms with Crippen LogP contribution in [0.4, 0.5) is 0 Å². The SMILES string of the molecule is CCCCCCC/C=C/CC(O)C(=O)OC. The number of aliphatic hydroxyl groups is 1. The average Bonchev–Trinajstić information content (AvgIpc) is 2.31. The molecule has 0 aliphatic carbocycles. The van der Waals surface area contributed by atoms with Crippen molar-refractivity contribution in [2.45, 2.75) is 58.0 Å². The third-order valence-corrected chi connectivity index (χ3v) is 2.47. The summed E-state index contributed by atoms with van der Waals surface area (Å²) in [5.74, 6) is -0.562. The first kappa shape index (κ1) is 15.2. The van der Waals surface area contributed by atoms with E-state index >= 15 is 0 Å². The number of methoxy groups -OCH3 is 1. The van der Waals surface area contributed by atoms with Crippen molar-refractivity contribution in [1.82, 2.24) is 0 Å². The lowest BCUT2D eigenvalue weighted by atomic mass is 10.1. The number of allylic oxidation sites excluding steroid dienone is 1. The Hall–Kier alpha value is -0.830. The van der Waals surface area contributed by atoms with E-state index < -0.39 is 12.1 Å². The molecule has 0 fully saturated rings. The van der Waals surface area contributed by atoms with Gasteiger partial charge < -0.3 is 9.84 Å². The average molecular weight is 228 g/mol. The van der Waals surface area contributed by atoms with Gasteiger partial charge >= 0.3 is 5.97 Å². The summed E-state index contributed by atoms with van der Waals surface area (Å²) in [7, 11) is 1.28. The van der Waals surface area contributed by atoms with Crippen LogP contribution in [0.5, 0.6) is 0 Å². The zero-order chi connectivity index (χ0) is 12.2. The van der Waals surface area contributed by atoms with E-state index in [1.165, 1.54) is 39.2 Å². The highest BCUT2D eigenvalue weighted by atomic mass is 16.5. The summed E-state index contributed by atoms with van der Waals surface area (Å²) in [6.07, 6.45) is 10.6. The molecule has 0 saturated heterocycles. The Labute approximate surface area is 98.5 Å². The zero-order valence-corrected chi connectivity index (χ0v) is 10.4. The molecule has 0 aliphatic rings. The molecule has 0 saturated carbocycles. The van der Waals surface area contributed by atoms with Crippen molar-refractivity contribution < 1.29 is 14.6 Å². The highest BCUT2D eigenvalue weighted by molar-refractivity contribution is 5.74. The predicted molar refractivity (Wildman–Crippen MR) is 65.2 cm³/mol. The Morgan fingerprint density at radius 1 is 1.25 bits per heavy atom. The second-order valence-corrected chi connectivity index (χ2v) is 3.95. The summed E-state index contributed by atoms with van der Waals surface area (Å²) < 4.78 is 4.41. The van der Waals surface area contributed by atoms with Crippen molar-refractivity contribution in [3.8, 4) is 0 Å². The van der Waals surface area contributed by atoms with E-state index in [1.54, 1.807) is 0 Å². The van der Waals surface area contributed by atoms with Crippen molar-refractivity contribution in [3.63, 3.8) is 0 Å². The highest BCUT2D eigenvalue weighted by Crippen LogP contribution is 2.06. The molecule has 0 aromatic carbocycles. The predicted octanol–water partition coefficient (Wildman–Crippen LogP) is 2.83. The maximum atomic E-state index is 10.8. The molecular formula is C13H24O3. The van der Waals surface area contributed by atoms with Crippen LogP contribution in [0.1, 0.15) is 51.9 Å². The van der Waals surface area contributed by atoms with E-state index in [0.29, 0.717) is 6.42 Å². The molecule has 3 heteroatoms. The largest absolute Gasteiger partial charge is 0.467 e. The van der Waals surface area contributed by atoms with Gasteiger partial charge in [-0.1, -0.05) is 44.8 Å². The van der Waals surface area contributed by atoms with E-state index in [0.717, 1.165) is 6.42 Å². The normalized spacial score (nSPS) is 12.9. The Kier molecular flexibility index (Phi) is 10.1. The number of rotatable bonds is 9. The van der Waals surface area contributed by atoms with Gasteiger partial charge in [-0.2, -0.15) is 0 Å². The van der Waals surface area contributed by atoms with Gasteiger partial charge in [-0.15, -0.1) is 0 Å². The molecule has 1 N–H and O–H groups in total. The molecule has 94 valence electrons. The van der Waals surface area contributed by atoms with Crippen LogP contribution in [0.3, 0.4) is 0 Å². The molecule has 0 amide bonds. The minimum Gasteiger partial charge on any atom is -0.467 e. The summed E-state index contributed by atoms with van der Waals surface area (Å²) in [6, 6.07) is 0.